The van der Waals surface area contributed by atoms with E-state index in [1.807, 2.05) is 31.2 Å². The lowest BCUT2D eigenvalue weighted by atomic mass is 10.1. The van der Waals surface area contributed by atoms with E-state index in [-0.39, 0.29) is 15.7 Å². The van der Waals surface area contributed by atoms with Gasteiger partial charge in [0.2, 0.25) is 0 Å². The molecule has 1 aromatic carbocycles. The van der Waals surface area contributed by atoms with E-state index < -0.39 is 0 Å². The summed E-state index contributed by atoms with van der Waals surface area (Å²) >= 11 is 11.4. The van der Waals surface area contributed by atoms with Crippen LogP contribution in [0.25, 0.3) is 0 Å². The highest BCUT2D eigenvalue weighted by molar-refractivity contribution is 6.40. The highest BCUT2D eigenvalue weighted by Crippen LogP contribution is 2.13. The van der Waals surface area contributed by atoms with Gasteiger partial charge < -0.3 is 0 Å². The van der Waals surface area contributed by atoms with E-state index in [0.717, 1.165) is 11.1 Å². The third-order valence-corrected chi connectivity index (χ3v) is 3.10. The number of hydrogen-bond acceptors (Lipinski definition) is 2. The van der Waals surface area contributed by atoms with Gasteiger partial charge in [0, 0.05) is 0 Å². The molecule has 0 aliphatic rings. The molecule has 88 valence electrons. The Labute approximate surface area is 109 Å². The van der Waals surface area contributed by atoms with Crippen molar-refractivity contribution < 1.29 is 0 Å². The van der Waals surface area contributed by atoms with E-state index in [0.29, 0.717) is 6.54 Å². The van der Waals surface area contributed by atoms with Crippen LogP contribution in [-0.2, 0) is 6.54 Å². The predicted octanol–water partition coefficient (Wildman–Crippen LogP) is 2.91. The minimum Gasteiger partial charge on any atom is -0.293 e. The van der Waals surface area contributed by atoms with Crippen LogP contribution in [0.1, 0.15) is 11.1 Å². The molecule has 2 rings (SSSR count). The molecule has 2 aromatic rings. The topological polar surface area (TPSA) is 34.9 Å². The fourth-order valence-electron chi connectivity index (χ4n) is 1.56. The Hall–Kier alpha value is -1.32. The molecule has 0 N–H and O–H groups in total. The van der Waals surface area contributed by atoms with Crippen molar-refractivity contribution >= 4 is 23.2 Å². The van der Waals surface area contributed by atoms with Crippen molar-refractivity contribution in [1.29, 1.82) is 0 Å². The SMILES string of the molecule is Cc1cccc(Cn2cnc(Cl)c(Cl)c2=O)c1. The second-order valence-electron chi connectivity index (χ2n) is 3.77. The summed E-state index contributed by atoms with van der Waals surface area (Å²) in [4.78, 5) is 15.6. The summed E-state index contributed by atoms with van der Waals surface area (Å²) in [5.41, 5.74) is 1.84. The van der Waals surface area contributed by atoms with Crippen LogP contribution in [0.4, 0.5) is 0 Å². The van der Waals surface area contributed by atoms with Gasteiger partial charge in [0.1, 0.15) is 5.02 Å². The third kappa shape index (κ3) is 2.68. The molecule has 0 aliphatic heterocycles. The third-order valence-electron chi connectivity index (χ3n) is 2.38. The number of rotatable bonds is 2. The predicted molar refractivity (Wildman–Crippen MR) is 68.8 cm³/mol. The van der Waals surface area contributed by atoms with Gasteiger partial charge in [-0.1, -0.05) is 53.0 Å². The molecule has 0 bridgehead atoms. The standard InChI is InChI=1S/C12H10Cl2N2O/c1-8-3-2-4-9(5-8)6-16-7-15-11(14)10(13)12(16)17/h2-5,7H,6H2,1H3. The first-order valence-corrected chi connectivity index (χ1v) is 5.79. The molecule has 0 radical (unpaired) electrons. The maximum Gasteiger partial charge on any atom is 0.273 e. The van der Waals surface area contributed by atoms with Crippen LogP contribution in [-0.4, -0.2) is 9.55 Å². The molecule has 0 saturated carbocycles. The Balaban J connectivity index is 2.37. The zero-order valence-electron chi connectivity index (χ0n) is 9.15. The Morgan fingerprint density at radius 2 is 2.12 bits per heavy atom. The fourth-order valence-corrected chi connectivity index (χ4v) is 1.85. The zero-order chi connectivity index (χ0) is 12.4. The molecule has 0 unspecified atom stereocenters. The van der Waals surface area contributed by atoms with Gasteiger partial charge in [0.15, 0.2) is 5.15 Å². The van der Waals surface area contributed by atoms with Crippen LogP contribution in [0.3, 0.4) is 0 Å². The average Bonchev–Trinajstić information content (AvgIpc) is 2.30. The van der Waals surface area contributed by atoms with E-state index in [1.54, 1.807) is 0 Å². The Bertz CT molecular complexity index is 608. The fraction of sp³-hybridized carbons (Fsp3) is 0.167. The number of halogens is 2. The Morgan fingerprint density at radius 3 is 2.82 bits per heavy atom. The van der Waals surface area contributed by atoms with Crippen LogP contribution in [0.5, 0.6) is 0 Å². The molecule has 17 heavy (non-hydrogen) atoms. The summed E-state index contributed by atoms with van der Waals surface area (Å²) in [5.74, 6) is 0. The van der Waals surface area contributed by atoms with Crippen molar-refractivity contribution in [2.75, 3.05) is 0 Å². The summed E-state index contributed by atoms with van der Waals surface area (Å²) < 4.78 is 1.43. The molecule has 0 spiro atoms. The molecule has 0 fully saturated rings. The van der Waals surface area contributed by atoms with E-state index in [2.05, 4.69) is 4.98 Å². The van der Waals surface area contributed by atoms with Crippen molar-refractivity contribution in [3.8, 4) is 0 Å². The number of aryl methyl sites for hydroxylation is 1. The van der Waals surface area contributed by atoms with Crippen LogP contribution < -0.4 is 5.56 Å². The molecule has 5 heteroatoms. The molecule has 1 aromatic heterocycles. The highest BCUT2D eigenvalue weighted by atomic mass is 35.5. The maximum absolute atomic E-state index is 11.8. The number of hydrogen-bond donors (Lipinski definition) is 0. The molecule has 0 saturated heterocycles. The van der Waals surface area contributed by atoms with Crippen molar-refractivity contribution in [1.82, 2.24) is 9.55 Å². The van der Waals surface area contributed by atoms with Crippen LogP contribution >= 0.6 is 23.2 Å². The zero-order valence-corrected chi connectivity index (χ0v) is 10.7. The molecule has 3 nitrogen and oxygen atoms in total. The number of nitrogens with zero attached hydrogens (tertiary/aromatic N) is 2. The maximum atomic E-state index is 11.8. The van der Waals surface area contributed by atoms with E-state index in [1.165, 1.54) is 10.9 Å². The van der Waals surface area contributed by atoms with Gasteiger partial charge in [-0.2, -0.15) is 0 Å². The molecule has 0 aliphatic carbocycles. The summed E-state index contributed by atoms with van der Waals surface area (Å²) in [7, 11) is 0. The molecule has 0 atom stereocenters. The normalized spacial score (nSPS) is 10.5. The van der Waals surface area contributed by atoms with Gasteiger partial charge in [-0.05, 0) is 12.5 Å². The first-order valence-electron chi connectivity index (χ1n) is 5.04. The smallest absolute Gasteiger partial charge is 0.273 e. The molecular weight excluding hydrogens is 259 g/mol. The minimum atomic E-state index is -0.326. The summed E-state index contributed by atoms with van der Waals surface area (Å²) in [6, 6.07) is 7.90. The summed E-state index contributed by atoms with van der Waals surface area (Å²) in [6.45, 7) is 2.43. The largest absolute Gasteiger partial charge is 0.293 e. The van der Waals surface area contributed by atoms with Crippen LogP contribution in [0.2, 0.25) is 10.2 Å². The van der Waals surface area contributed by atoms with Crippen molar-refractivity contribution in [2.45, 2.75) is 13.5 Å². The second kappa shape index (κ2) is 4.90. The lowest BCUT2D eigenvalue weighted by Gasteiger charge is -2.06. The lowest BCUT2D eigenvalue weighted by Crippen LogP contribution is -2.21. The van der Waals surface area contributed by atoms with Crippen LogP contribution in [0, 0.1) is 6.92 Å². The minimum absolute atomic E-state index is 0.0390. The quantitative estimate of drug-likeness (QED) is 0.786. The van der Waals surface area contributed by atoms with Gasteiger partial charge in [0.25, 0.3) is 5.56 Å². The lowest BCUT2D eigenvalue weighted by molar-refractivity contribution is 0.736. The highest BCUT2D eigenvalue weighted by Gasteiger charge is 2.07. The number of benzene rings is 1. The van der Waals surface area contributed by atoms with E-state index in [9.17, 15) is 4.79 Å². The van der Waals surface area contributed by atoms with E-state index in [4.69, 9.17) is 23.2 Å². The van der Waals surface area contributed by atoms with Gasteiger partial charge in [-0.15, -0.1) is 0 Å². The van der Waals surface area contributed by atoms with E-state index >= 15 is 0 Å². The van der Waals surface area contributed by atoms with Gasteiger partial charge in [-0.3, -0.25) is 9.36 Å². The first kappa shape index (κ1) is 12.1. The van der Waals surface area contributed by atoms with Gasteiger partial charge in [-0.25, -0.2) is 4.98 Å². The van der Waals surface area contributed by atoms with Crippen molar-refractivity contribution in [2.24, 2.45) is 0 Å². The molecule has 1 heterocycles. The average molecular weight is 269 g/mol. The summed E-state index contributed by atoms with van der Waals surface area (Å²) in [5, 5.41) is -0.000946. The Morgan fingerprint density at radius 1 is 1.35 bits per heavy atom. The molecule has 0 amide bonds. The number of aromatic nitrogens is 2. The van der Waals surface area contributed by atoms with Crippen molar-refractivity contribution in [3.63, 3.8) is 0 Å². The van der Waals surface area contributed by atoms with Gasteiger partial charge >= 0.3 is 0 Å². The monoisotopic (exact) mass is 268 g/mol. The van der Waals surface area contributed by atoms with Crippen molar-refractivity contribution in [3.05, 3.63) is 62.2 Å². The second-order valence-corrected chi connectivity index (χ2v) is 4.51. The Kier molecular flexibility index (Phi) is 3.50. The van der Waals surface area contributed by atoms with Crippen LogP contribution in [0.15, 0.2) is 35.4 Å². The first-order chi connectivity index (χ1) is 8.08. The molecular formula is C12H10Cl2N2O. The van der Waals surface area contributed by atoms with Gasteiger partial charge in [0.05, 0.1) is 12.9 Å². The summed E-state index contributed by atoms with van der Waals surface area (Å²) in [6.07, 6.45) is 1.40.